The van der Waals surface area contributed by atoms with Gasteiger partial charge < -0.3 is 20.3 Å². The van der Waals surface area contributed by atoms with E-state index in [0.717, 1.165) is 42.2 Å². The van der Waals surface area contributed by atoms with E-state index in [1.54, 1.807) is 0 Å². The van der Waals surface area contributed by atoms with E-state index in [4.69, 9.17) is 4.74 Å². The number of carbonyl (C=O) groups excluding carboxylic acids is 1. The second kappa shape index (κ2) is 11.0. The third-order valence-electron chi connectivity index (χ3n) is 9.08. The minimum Gasteiger partial charge on any atom is -0.378 e. The Labute approximate surface area is 239 Å². The molecular formula is C31H36N6O2S. The first kappa shape index (κ1) is 25.8. The van der Waals surface area contributed by atoms with Crippen LogP contribution in [0, 0.1) is 17.8 Å². The van der Waals surface area contributed by atoms with Crippen LogP contribution in [-0.4, -0.2) is 52.9 Å². The van der Waals surface area contributed by atoms with E-state index >= 15 is 0 Å². The van der Waals surface area contributed by atoms with Gasteiger partial charge in [-0.2, -0.15) is 15.0 Å². The highest BCUT2D eigenvalue weighted by molar-refractivity contribution is 7.99. The Balaban J connectivity index is 1.01. The third kappa shape index (κ3) is 5.54. The molecule has 8 nitrogen and oxygen atoms in total. The highest BCUT2D eigenvalue weighted by atomic mass is 32.2. The van der Waals surface area contributed by atoms with Crippen molar-refractivity contribution < 1.29 is 9.53 Å². The van der Waals surface area contributed by atoms with Gasteiger partial charge in [0.05, 0.1) is 19.0 Å². The molecule has 1 aromatic heterocycles. The number of hydrogen-bond acceptors (Lipinski definition) is 8. The maximum absolute atomic E-state index is 12.9. The number of anilines is 4. The van der Waals surface area contributed by atoms with Gasteiger partial charge in [0.2, 0.25) is 17.8 Å². The molecule has 0 unspecified atom stereocenters. The normalized spacial score (nSPS) is 27.0. The molecule has 1 amide bonds. The fraction of sp³-hybridized carbons (Fsp3) is 0.484. The number of carbonyl (C=O) groups is 1. The molecular weight excluding hydrogens is 520 g/mol. The minimum absolute atomic E-state index is 0.0709. The monoisotopic (exact) mass is 556 g/mol. The first-order valence-electron chi connectivity index (χ1n) is 14.5. The zero-order chi connectivity index (χ0) is 26.9. The summed E-state index contributed by atoms with van der Waals surface area (Å²) in [4.78, 5) is 28.9. The van der Waals surface area contributed by atoms with Crippen LogP contribution in [0.5, 0.6) is 0 Å². The zero-order valence-electron chi connectivity index (χ0n) is 22.7. The lowest BCUT2D eigenvalue weighted by Gasteiger charge is -2.57. The molecule has 8 rings (SSSR count). The molecule has 5 aliphatic rings. The fourth-order valence-corrected chi connectivity index (χ4v) is 8.35. The predicted molar refractivity (Wildman–Crippen MR) is 158 cm³/mol. The lowest BCUT2D eigenvalue weighted by Crippen LogP contribution is -2.48. The van der Waals surface area contributed by atoms with E-state index < -0.39 is 0 Å². The number of hydrogen-bond donors (Lipinski definition) is 2. The molecule has 3 aromatic rings. The van der Waals surface area contributed by atoms with E-state index in [1.165, 1.54) is 55.9 Å². The number of rotatable bonds is 8. The second-order valence-corrected chi connectivity index (χ2v) is 12.9. The van der Waals surface area contributed by atoms with Gasteiger partial charge in [-0.3, -0.25) is 4.79 Å². The van der Waals surface area contributed by atoms with Crippen molar-refractivity contribution in [3.63, 3.8) is 0 Å². The van der Waals surface area contributed by atoms with Crippen LogP contribution in [0.4, 0.5) is 23.3 Å². The molecule has 2 aromatic carbocycles. The van der Waals surface area contributed by atoms with Gasteiger partial charge >= 0.3 is 0 Å². The summed E-state index contributed by atoms with van der Waals surface area (Å²) in [6, 6.07) is 18.5. The molecule has 0 radical (unpaired) electrons. The Kier molecular flexibility index (Phi) is 7.10. The maximum atomic E-state index is 12.9. The largest absolute Gasteiger partial charge is 0.378 e. The number of nitrogens with one attached hydrogen (secondary N) is 2. The topological polar surface area (TPSA) is 92.3 Å². The van der Waals surface area contributed by atoms with E-state index in [-0.39, 0.29) is 11.7 Å². The number of benzene rings is 2. The van der Waals surface area contributed by atoms with Gasteiger partial charge in [-0.25, -0.2) is 0 Å². The minimum atomic E-state index is -0.0709. The molecule has 2 N–H and O–H groups in total. The number of para-hydroxylation sites is 1. The van der Waals surface area contributed by atoms with Crippen molar-refractivity contribution in [2.24, 2.45) is 17.8 Å². The number of ether oxygens (including phenoxy) is 1. The van der Waals surface area contributed by atoms with Crippen LogP contribution in [0.1, 0.15) is 44.1 Å². The molecule has 40 heavy (non-hydrogen) atoms. The summed E-state index contributed by atoms with van der Waals surface area (Å²) >= 11 is 1.32. The van der Waals surface area contributed by atoms with Crippen molar-refractivity contribution >= 4 is 40.9 Å². The Hall–Kier alpha value is -3.17. The van der Waals surface area contributed by atoms with Gasteiger partial charge in [-0.15, -0.1) is 0 Å². The van der Waals surface area contributed by atoms with Crippen molar-refractivity contribution in [2.75, 3.05) is 47.6 Å². The Morgan fingerprint density at radius 3 is 2.23 bits per heavy atom. The summed E-state index contributed by atoms with van der Waals surface area (Å²) in [6.45, 7) is 2.72. The molecule has 4 bridgehead atoms. The predicted octanol–water partition coefficient (Wildman–Crippen LogP) is 5.65. The average molecular weight is 557 g/mol. The van der Waals surface area contributed by atoms with Crippen molar-refractivity contribution in [3.8, 4) is 0 Å². The number of morpholine rings is 1. The van der Waals surface area contributed by atoms with Gasteiger partial charge in [0.15, 0.2) is 5.16 Å². The first-order chi connectivity index (χ1) is 19.6. The molecule has 1 aliphatic heterocycles. The molecule has 208 valence electrons. The number of nitrogens with zero attached hydrogens (tertiary/aromatic N) is 4. The SMILES string of the molecule is O=C(CSc1nc(Nc2ccccc2)nc(N2CCOCC2)n1)Nc1ccc(C23CC4CC(CC(C4)C2)C3)cc1. The van der Waals surface area contributed by atoms with Gasteiger partial charge in [0.1, 0.15) is 0 Å². The smallest absolute Gasteiger partial charge is 0.234 e. The van der Waals surface area contributed by atoms with E-state index in [1.807, 2.05) is 30.3 Å². The highest BCUT2D eigenvalue weighted by Crippen LogP contribution is 2.60. The van der Waals surface area contributed by atoms with E-state index in [0.29, 0.717) is 35.7 Å². The quantitative estimate of drug-likeness (QED) is 0.344. The van der Waals surface area contributed by atoms with Gasteiger partial charge in [-0.05, 0) is 91.5 Å². The third-order valence-corrected chi connectivity index (χ3v) is 9.93. The van der Waals surface area contributed by atoms with Crippen LogP contribution in [-0.2, 0) is 14.9 Å². The lowest BCUT2D eigenvalue weighted by atomic mass is 9.48. The molecule has 4 aliphatic carbocycles. The number of aromatic nitrogens is 3. The van der Waals surface area contributed by atoms with Crippen molar-refractivity contribution in [1.82, 2.24) is 15.0 Å². The molecule has 0 atom stereocenters. The van der Waals surface area contributed by atoms with Gasteiger partial charge in [0, 0.05) is 24.5 Å². The van der Waals surface area contributed by atoms with Crippen molar-refractivity contribution in [1.29, 1.82) is 0 Å². The highest BCUT2D eigenvalue weighted by Gasteiger charge is 2.51. The average Bonchev–Trinajstić information content (AvgIpc) is 2.97. The first-order valence-corrected chi connectivity index (χ1v) is 15.5. The van der Waals surface area contributed by atoms with Crippen LogP contribution in [0.15, 0.2) is 59.8 Å². The second-order valence-electron chi connectivity index (χ2n) is 11.9. The molecule has 9 heteroatoms. The summed E-state index contributed by atoms with van der Waals surface area (Å²) in [5.74, 6) is 3.97. The van der Waals surface area contributed by atoms with Gasteiger partial charge in [0.25, 0.3) is 0 Å². The molecule has 5 fully saturated rings. The van der Waals surface area contributed by atoms with Crippen LogP contribution < -0.4 is 15.5 Å². The van der Waals surface area contributed by atoms with Crippen molar-refractivity contribution in [2.45, 2.75) is 49.1 Å². The van der Waals surface area contributed by atoms with E-state index in [9.17, 15) is 4.79 Å². The fourth-order valence-electron chi connectivity index (χ4n) is 7.72. The molecule has 1 saturated heterocycles. The Bertz CT molecular complexity index is 1310. The Morgan fingerprint density at radius 1 is 0.875 bits per heavy atom. The molecule has 2 heterocycles. The van der Waals surface area contributed by atoms with E-state index in [2.05, 4.69) is 54.8 Å². The zero-order valence-corrected chi connectivity index (χ0v) is 23.5. The summed E-state index contributed by atoms with van der Waals surface area (Å²) < 4.78 is 5.49. The number of amides is 1. The molecule has 0 spiro atoms. The van der Waals surface area contributed by atoms with Crippen molar-refractivity contribution in [3.05, 3.63) is 60.2 Å². The maximum Gasteiger partial charge on any atom is 0.234 e. The summed E-state index contributed by atoms with van der Waals surface area (Å²) in [6.07, 6.45) is 8.39. The molecule has 4 saturated carbocycles. The summed E-state index contributed by atoms with van der Waals surface area (Å²) in [5, 5.41) is 6.86. The van der Waals surface area contributed by atoms with Gasteiger partial charge in [-0.1, -0.05) is 42.1 Å². The van der Waals surface area contributed by atoms with Crippen LogP contribution in [0.25, 0.3) is 0 Å². The van der Waals surface area contributed by atoms with Crippen LogP contribution in [0.2, 0.25) is 0 Å². The summed E-state index contributed by atoms with van der Waals surface area (Å²) in [5.41, 5.74) is 3.58. The number of thioether (sulfide) groups is 1. The standard InChI is InChI=1S/C31H36N6O2S/c38-27(32-26-8-6-24(7-9-26)31-17-21-14-22(18-31)16-23(15-21)19-31)20-40-30-35-28(33-25-4-2-1-3-5-25)34-29(36-30)37-10-12-39-13-11-37/h1-9,21-23H,10-20H2,(H,32,38)(H,33,34,35,36). The van der Waals surface area contributed by atoms with Crippen LogP contribution >= 0.6 is 11.8 Å². The lowest BCUT2D eigenvalue weighted by molar-refractivity contribution is -0.113. The summed E-state index contributed by atoms with van der Waals surface area (Å²) in [7, 11) is 0. The van der Waals surface area contributed by atoms with Crippen LogP contribution in [0.3, 0.4) is 0 Å². The Morgan fingerprint density at radius 2 is 1.55 bits per heavy atom.